The van der Waals surface area contributed by atoms with Crippen LogP contribution in [-0.2, 0) is 19.2 Å². The van der Waals surface area contributed by atoms with Crippen molar-refractivity contribution in [3.63, 3.8) is 0 Å². The molecule has 0 unspecified atom stereocenters. The van der Waals surface area contributed by atoms with Gasteiger partial charge in [0.05, 0.1) is 6.61 Å². The zero-order valence-corrected chi connectivity index (χ0v) is 12.6. The van der Waals surface area contributed by atoms with Gasteiger partial charge in [0.25, 0.3) is 0 Å². The molecule has 122 valence electrons. The second-order valence-electron chi connectivity index (χ2n) is 3.73. The highest BCUT2D eigenvalue weighted by atomic mass is 32.2. The number of carboxylic acids is 2. The minimum absolute atomic E-state index is 0.416. The SMILES string of the molecule is CC(=O)N[C@@H](CO)C(=O)O.CSCC[C@H](NC=O)C(=O)O. The van der Waals surface area contributed by atoms with Crippen LogP contribution in [0.15, 0.2) is 0 Å². The number of hydrogen-bond donors (Lipinski definition) is 5. The van der Waals surface area contributed by atoms with E-state index in [9.17, 15) is 19.2 Å². The van der Waals surface area contributed by atoms with Crippen molar-refractivity contribution < 1.29 is 34.5 Å². The molecule has 2 amide bonds. The molecule has 0 aliphatic rings. The van der Waals surface area contributed by atoms with E-state index in [2.05, 4.69) is 5.32 Å². The van der Waals surface area contributed by atoms with Crippen LogP contribution in [0.3, 0.4) is 0 Å². The number of nitrogens with one attached hydrogen (secondary N) is 2. The first-order chi connectivity index (χ1) is 9.79. The van der Waals surface area contributed by atoms with Crippen LogP contribution in [0.4, 0.5) is 0 Å². The van der Waals surface area contributed by atoms with Crippen LogP contribution in [0, 0.1) is 0 Å². The molecule has 5 N–H and O–H groups in total. The number of hydrogen-bond acceptors (Lipinski definition) is 6. The molecule has 21 heavy (non-hydrogen) atoms. The number of aliphatic carboxylic acids is 2. The summed E-state index contributed by atoms with van der Waals surface area (Å²) in [7, 11) is 0. The van der Waals surface area contributed by atoms with Gasteiger partial charge < -0.3 is 26.0 Å². The number of rotatable bonds is 9. The molecule has 0 fully saturated rings. The lowest BCUT2D eigenvalue weighted by Crippen LogP contribution is -2.42. The summed E-state index contributed by atoms with van der Waals surface area (Å²) in [6.45, 7) is 0.598. The van der Waals surface area contributed by atoms with E-state index < -0.39 is 36.5 Å². The summed E-state index contributed by atoms with van der Waals surface area (Å²) in [5.41, 5.74) is 0. The molecule has 2 atom stereocenters. The summed E-state index contributed by atoms with van der Waals surface area (Å²) in [6, 6.07) is -1.92. The molecule has 0 radical (unpaired) electrons. The lowest BCUT2D eigenvalue weighted by Gasteiger charge is -2.08. The number of carboxylic acid groups (broad SMARTS) is 2. The molecule has 0 bridgehead atoms. The summed E-state index contributed by atoms with van der Waals surface area (Å²) in [5.74, 6) is -1.96. The Kier molecular flexibility index (Phi) is 13.5. The summed E-state index contributed by atoms with van der Waals surface area (Å²) in [4.78, 5) is 40.6. The van der Waals surface area contributed by atoms with E-state index >= 15 is 0 Å². The average Bonchev–Trinajstić information content (AvgIpc) is 2.40. The van der Waals surface area contributed by atoms with Gasteiger partial charge in [0.2, 0.25) is 12.3 Å². The highest BCUT2D eigenvalue weighted by molar-refractivity contribution is 7.98. The van der Waals surface area contributed by atoms with Crippen LogP contribution in [-0.4, -0.2) is 70.3 Å². The van der Waals surface area contributed by atoms with Crippen LogP contribution in [0.1, 0.15) is 13.3 Å². The first kappa shape index (κ1) is 21.5. The van der Waals surface area contributed by atoms with E-state index in [-0.39, 0.29) is 0 Å². The molecular weight excluding hydrogens is 304 g/mol. The van der Waals surface area contributed by atoms with Crippen molar-refractivity contribution >= 4 is 36.0 Å². The fourth-order valence-corrected chi connectivity index (χ4v) is 1.50. The maximum atomic E-state index is 10.4. The first-order valence-electron chi connectivity index (χ1n) is 5.82. The van der Waals surface area contributed by atoms with Crippen LogP contribution >= 0.6 is 11.8 Å². The van der Waals surface area contributed by atoms with E-state index in [1.165, 1.54) is 6.92 Å². The van der Waals surface area contributed by atoms with Crippen molar-refractivity contribution in [3.05, 3.63) is 0 Å². The van der Waals surface area contributed by atoms with Crippen molar-refractivity contribution in [1.29, 1.82) is 0 Å². The zero-order valence-electron chi connectivity index (χ0n) is 11.7. The van der Waals surface area contributed by atoms with E-state index in [0.717, 1.165) is 5.75 Å². The molecule has 0 spiro atoms. The van der Waals surface area contributed by atoms with E-state index in [1.54, 1.807) is 11.8 Å². The Morgan fingerprint density at radius 1 is 1.19 bits per heavy atom. The lowest BCUT2D eigenvalue weighted by molar-refractivity contribution is -0.142. The van der Waals surface area contributed by atoms with Crippen molar-refractivity contribution in [1.82, 2.24) is 10.6 Å². The molecular formula is C11H20N2O7S. The Labute approximate surface area is 126 Å². The van der Waals surface area contributed by atoms with Crippen molar-refractivity contribution in [2.24, 2.45) is 0 Å². The fraction of sp³-hybridized carbons (Fsp3) is 0.636. The Hall–Kier alpha value is -1.81. The minimum Gasteiger partial charge on any atom is -0.480 e. The Bertz CT molecular complexity index is 351. The molecule has 0 aliphatic heterocycles. The van der Waals surface area contributed by atoms with Gasteiger partial charge in [-0.25, -0.2) is 9.59 Å². The number of aliphatic hydroxyl groups excluding tert-OH is 1. The molecule has 0 aliphatic carbocycles. The molecule has 0 aromatic carbocycles. The van der Waals surface area contributed by atoms with E-state index in [1.807, 2.05) is 11.6 Å². The minimum atomic E-state index is -1.24. The van der Waals surface area contributed by atoms with Crippen LogP contribution in [0.25, 0.3) is 0 Å². The second-order valence-corrected chi connectivity index (χ2v) is 4.72. The standard InChI is InChI=1S/C6H11NO3S.C5H9NO4/c1-11-3-2-5(6(9)10)7-4-8;1-3(8)6-4(2-7)5(9)10/h4-5H,2-3H2,1H3,(H,7,8)(H,9,10);4,7H,2H2,1H3,(H,6,8)(H,9,10)/t5-;4-/m00/s1. The quantitative estimate of drug-likeness (QED) is 0.321. The fourth-order valence-electron chi connectivity index (χ4n) is 1.03. The maximum absolute atomic E-state index is 10.4. The third-order valence-electron chi connectivity index (χ3n) is 2.04. The smallest absolute Gasteiger partial charge is 0.328 e. The number of carbonyl (C=O) groups excluding carboxylic acids is 2. The maximum Gasteiger partial charge on any atom is 0.328 e. The molecule has 0 heterocycles. The number of aliphatic hydroxyl groups is 1. The molecule has 10 heteroatoms. The molecule has 9 nitrogen and oxygen atoms in total. The summed E-state index contributed by atoms with van der Waals surface area (Å²) in [6.07, 6.45) is 2.77. The average molecular weight is 324 g/mol. The predicted molar refractivity (Wildman–Crippen MR) is 75.9 cm³/mol. The zero-order chi connectivity index (χ0) is 16.8. The summed E-state index contributed by atoms with van der Waals surface area (Å²) >= 11 is 1.55. The van der Waals surface area contributed by atoms with Crippen LogP contribution < -0.4 is 10.6 Å². The van der Waals surface area contributed by atoms with Crippen molar-refractivity contribution in [2.45, 2.75) is 25.4 Å². The molecule has 0 rings (SSSR count). The van der Waals surface area contributed by atoms with Crippen molar-refractivity contribution in [3.8, 4) is 0 Å². The Balaban J connectivity index is 0. The second kappa shape index (κ2) is 13.2. The summed E-state index contributed by atoms with van der Waals surface area (Å²) in [5, 5.41) is 29.4. The van der Waals surface area contributed by atoms with Crippen LogP contribution in [0.2, 0.25) is 0 Å². The number of carbonyl (C=O) groups is 4. The summed E-state index contributed by atoms with van der Waals surface area (Å²) < 4.78 is 0. The highest BCUT2D eigenvalue weighted by Crippen LogP contribution is 1.99. The lowest BCUT2D eigenvalue weighted by atomic mass is 10.2. The predicted octanol–water partition coefficient (Wildman–Crippen LogP) is -1.49. The van der Waals surface area contributed by atoms with Gasteiger partial charge in [-0.15, -0.1) is 0 Å². The first-order valence-corrected chi connectivity index (χ1v) is 7.21. The molecule has 0 saturated carbocycles. The monoisotopic (exact) mass is 324 g/mol. The van der Waals surface area contributed by atoms with Gasteiger partial charge in [-0.05, 0) is 18.4 Å². The topological polar surface area (TPSA) is 153 Å². The van der Waals surface area contributed by atoms with Gasteiger partial charge in [-0.1, -0.05) is 0 Å². The molecule has 0 aromatic heterocycles. The van der Waals surface area contributed by atoms with Crippen molar-refractivity contribution in [2.75, 3.05) is 18.6 Å². The van der Waals surface area contributed by atoms with Gasteiger partial charge in [-0.3, -0.25) is 9.59 Å². The largest absolute Gasteiger partial charge is 0.480 e. The van der Waals surface area contributed by atoms with E-state index in [4.69, 9.17) is 15.3 Å². The Morgan fingerprint density at radius 2 is 1.71 bits per heavy atom. The third kappa shape index (κ3) is 12.9. The number of thioether (sulfide) groups is 1. The van der Waals surface area contributed by atoms with Gasteiger partial charge in [0, 0.05) is 6.92 Å². The van der Waals surface area contributed by atoms with Crippen LogP contribution in [0.5, 0.6) is 0 Å². The number of amides is 2. The Morgan fingerprint density at radius 3 is 1.95 bits per heavy atom. The third-order valence-corrected chi connectivity index (χ3v) is 2.68. The molecule has 0 saturated heterocycles. The van der Waals surface area contributed by atoms with E-state index in [0.29, 0.717) is 12.8 Å². The van der Waals surface area contributed by atoms with Gasteiger partial charge in [-0.2, -0.15) is 11.8 Å². The highest BCUT2D eigenvalue weighted by Gasteiger charge is 2.16. The normalized spacial score (nSPS) is 12.1. The van der Waals surface area contributed by atoms with Gasteiger partial charge in [0.1, 0.15) is 12.1 Å². The molecule has 0 aromatic rings. The van der Waals surface area contributed by atoms with Gasteiger partial charge in [0.15, 0.2) is 0 Å². The van der Waals surface area contributed by atoms with Gasteiger partial charge >= 0.3 is 11.9 Å².